The second-order valence-electron chi connectivity index (χ2n) is 6.88. The predicted octanol–water partition coefficient (Wildman–Crippen LogP) is 3.93. The van der Waals surface area contributed by atoms with Crippen LogP contribution < -0.4 is 0 Å². The van der Waals surface area contributed by atoms with E-state index in [0.29, 0.717) is 10.9 Å². The molecule has 2 aromatic carbocycles. The second kappa shape index (κ2) is 7.24. The van der Waals surface area contributed by atoms with Crippen molar-refractivity contribution in [1.29, 1.82) is 0 Å². The second-order valence-corrected chi connectivity index (χ2v) is 7.82. The number of thioether (sulfide) groups is 1. The first-order valence-corrected chi connectivity index (χ1v) is 10.4. The molecule has 6 nitrogen and oxygen atoms in total. The molecule has 0 radical (unpaired) electrons. The molecule has 0 N–H and O–H groups in total. The monoisotopic (exact) mass is 389 g/mol. The van der Waals surface area contributed by atoms with Crippen LogP contribution in [-0.2, 0) is 12.8 Å². The van der Waals surface area contributed by atoms with Crippen molar-refractivity contribution in [2.75, 3.05) is 5.75 Å². The Balaban J connectivity index is 1.45. The molecule has 1 aliphatic carbocycles. The van der Waals surface area contributed by atoms with Crippen molar-refractivity contribution >= 4 is 28.6 Å². The van der Waals surface area contributed by atoms with Crippen molar-refractivity contribution in [3.63, 3.8) is 0 Å². The fourth-order valence-electron chi connectivity index (χ4n) is 3.97. The minimum Gasteiger partial charge on any atom is -0.283 e. The Labute approximate surface area is 166 Å². The number of rotatable bonds is 4. The first kappa shape index (κ1) is 17.2. The molecule has 0 unspecified atom stereocenters. The summed E-state index contributed by atoms with van der Waals surface area (Å²) < 4.78 is 3.59. The van der Waals surface area contributed by atoms with Crippen LogP contribution in [0.4, 0.5) is 0 Å². The van der Waals surface area contributed by atoms with E-state index in [-0.39, 0.29) is 5.91 Å². The van der Waals surface area contributed by atoms with Crippen LogP contribution in [0.15, 0.2) is 59.8 Å². The number of hydrogen-bond donors (Lipinski definition) is 0. The summed E-state index contributed by atoms with van der Waals surface area (Å²) in [6.07, 6.45) is 4.34. The molecule has 0 spiro atoms. The molecule has 0 saturated carbocycles. The Bertz CT molecular complexity index is 1150. The molecule has 0 atom stereocenters. The summed E-state index contributed by atoms with van der Waals surface area (Å²) in [6, 6.07) is 17.9. The van der Waals surface area contributed by atoms with E-state index in [1.54, 1.807) is 4.68 Å². The van der Waals surface area contributed by atoms with Gasteiger partial charge in [0.2, 0.25) is 11.1 Å². The Kier molecular flexibility index (Phi) is 4.44. The van der Waals surface area contributed by atoms with Crippen molar-refractivity contribution in [3.8, 4) is 5.69 Å². The Morgan fingerprint density at radius 2 is 1.79 bits per heavy atom. The quantitative estimate of drug-likeness (QED) is 0.495. The molecule has 0 aliphatic heterocycles. The van der Waals surface area contributed by atoms with Crippen molar-refractivity contribution in [1.82, 2.24) is 24.8 Å². The number of fused-ring (bicyclic) bond motifs is 3. The summed E-state index contributed by atoms with van der Waals surface area (Å²) in [5.74, 6) is 0.366. The minimum absolute atomic E-state index is 0.0759. The number of carbonyl (C=O) groups is 1. The molecule has 140 valence electrons. The molecule has 7 heteroatoms. The van der Waals surface area contributed by atoms with Crippen LogP contribution in [-0.4, -0.2) is 36.4 Å². The van der Waals surface area contributed by atoms with Crippen molar-refractivity contribution < 1.29 is 4.79 Å². The van der Waals surface area contributed by atoms with E-state index < -0.39 is 0 Å². The Morgan fingerprint density at radius 1 is 1.00 bits per heavy atom. The zero-order valence-corrected chi connectivity index (χ0v) is 16.1. The summed E-state index contributed by atoms with van der Waals surface area (Å²) >= 11 is 1.37. The highest BCUT2D eigenvalue weighted by atomic mass is 32.2. The number of nitrogens with zero attached hydrogens (tertiary/aromatic N) is 5. The van der Waals surface area contributed by atoms with Gasteiger partial charge in [-0.25, -0.2) is 0 Å². The van der Waals surface area contributed by atoms with Crippen LogP contribution in [0.3, 0.4) is 0 Å². The fourth-order valence-corrected chi connectivity index (χ4v) is 4.71. The van der Waals surface area contributed by atoms with Gasteiger partial charge in [-0.3, -0.25) is 9.36 Å². The molecular formula is C21H19N5OS. The Hall–Kier alpha value is -2.93. The van der Waals surface area contributed by atoms with E-state index in [1.807, 2.05) is 47.0 Å². The first-order valence-electron chi connectivity index (χ1n) is 9.44. The zero-order valence-electron chi connectivity index (χ0n) is 15.3. The standard InChI is InChI=1S/C21H19N5OS/c27-20(14-28-21-22-23-24-26(21)15-8-2-1-3-9-15)25-18-12-6-4-10-16(18)17-11-5-7-13-19(17)25/h1-4,6,8-10,12H,5,7,11,13-14H2. The third-order valence-corrected chi connectivity index (χ3v) is 6.10. The highest BCUT2D eigenvalue weighted by Crippen LogP contribution is 2.32. The highest BCUT2D eigenvalue weighted by Gasteiger charge is 2.23. The van der Waals surface area contributed by atoms with Gasteiger partial charge in [-0.05, 0) is 59.9 Å². The minimum atomic E-state index is 0.0759. The normalized spacial score (nSPS) is 13.6. The summed E-state index contributed by atoms with van der Waals surface area (Å²) in [5, 5.41) is 13.8. The predicted molar refractivity (Wildman–Crippen MR) is 109 cm³/mol. The van der Waals surface area contributed by atoms with Crippen LogP contribution in [0.2, 0.25) is 0 Å². The largest absolute Gasteiger partial charge is 0.283 e. The van der Waals surface area contributed by atoms with E-state index in [4.69, 9.17) is 0 Å². The van der Waals surface area contributed by atoms with E-state index in [1.165, 1.54) is 34.8 Å². The fraction of sp³-hybridized carbons (Fsp3) is 0.238. The van der Waals surface area contributed by atoms with Crippen molar-refractivity contribution in [2.24, 2.45) is 0 Å². The molecular weight excluding hydrogens is 370 g/mol. The maximum absolute atomic E-state index is 13.2. The summed E-state index contributed by atoms with van der Waals surface area (Å²) in [5.41, 5.74) is 4.42. The summed E-state index contributed by atoms with van der Waals surface area (Å²) in [6.45, 7) is 0. The van der Waals surface area contributed by atoms with E-state index in [9.17, 15) is 4.79 Å². The molecule has 2 aromatic heterocycles. The third-order valence-electron chi connectivity index (χ3n) is 5.19. The molecule has 2 heterocycles. The lowest BCUT2D eigenvalue weighted by atomic mass is 9.96. The maximum atomic E-state index is 13.2. The first-order chi connectivity index (χ1) is 13.8. The third kappa shape index (κ3) is 2.92. The molecule has 5 rings (SSSR count). The SMILES string of the molecule is O=C(CSc1nnnn1-c1ccccc1)n1c2c(c3ccccc31)CCCC2. The lowest BCUT2D eigenvalue weighted by Crippen LogP contribution is -2.18. The van der Waals surface area contributed by atoms with Crippen LogP contribution >= 0.6 is 11.8 Å². The maximum Gasteiger partial charge on any atom is 0.241 e. The number of para-hydroxylation sites is 2. The number of carbonyl (C=O) groups excluding carboxylic acids is 1. The lowest BCUT2D eigenvalue weighted by Gasteiger charge is -2.15. The van der Waals surface area contributed by atoms with Gasteiger partial charge in [0.15, 0.2) is 0 Å². The summed E-state index contributed by atoms with van der Waals surface area (Å²) in [4.78, 5) is 13.2. The average molecular weight is 389 g/mol. The number of aryl methyl sites for hydroxylation is 1. The number of tetrazole rings is 1. The van der Waals surface area contributed by atoms with E-state index in [0.717, 1.165) is 30.5 Å². The molecule has 4 aromatic rings. The van der Waals surface area contributed by atoms with Crippen LogP contribution in [0, 0.1) is 0 Å². The molecule has 0 fully saturated rings. The van der Waals surface area contributed by atoms with Gasteiger partial charge in [0.1, 0.15) is 0 Å². The van der Waals surface area contributed by atoms with Crippen LogP contribution in [0.25, 0.3) is 16.6 Å². The van der Waals surface area contributed by atoms with Gasteiger partial charge in [-0.15, -0.1) is 5.10 Å². The van der Waals surface area contributed by atoms with Crippen LogP contribution in [0.1, 0.15) is 28.9 Å². The van der Waals surface area contributed by atoms with Gasteiger partial charge < -0.3 is 0 Å². The van der Waals surface area contributed by atoms with E-state index in [2.05, 4.69) is 27.7 Å². The summed E-state index contributed by atoms with van der Waals surface area (Å²) in [7, 11) is 0. The Morgan fingerprint density at radius 3 is 2.68 bits per heavy atom. The van der Waals surface area contributed by atoms with Gasteiger partial charge in [0.25, 0.3) is 0 Å². The number of hydrogen-bond acceptors (Lipinski definition) is 5. The van der Waals surface area contributed by atoms with Gasteiger partial charge >= 0.3 is 0 Å². The van der Waals surface area contributed by atoms with Gasteiger partial charge in [-0.1, -0.05) is 48.2 Å². The van der Waals surface area contributed by atoms with Gasteiger partial charge in [0, 0.05) is 11.1 Å². The smallest absolute Gasteiger partial charge is 0.241 e. The highest BCUT2D eigenvalue weighted by molar-refractivity contribution is 7.99. The van der Waals surface area contributed by atoms with Crippen molar-refractivity contribution in [2.45, 2.75) is 30.8 Å². The molecule has 1 aliphatic rings. The number of benzene rings is 2. The number of aromatic nitrogens is 5. The molecule has 0 saturated heterocycles. The molecule has 0 bridgehead atoms. The van der Waals surface area contributed by atoms with Gasteiger partial charge in [0.05, 0.1) is 17.0 Å². The topological polar surface area (TPSA) is 65.6 Å². The van der Waals surface area contributed by atoms with Crippen LogP contribution in [0.5, 0.6) is 0 Å². The van der Waals surface area contributed by atoms with E-state index >= 15 is 0 Å². The van der Waals surface area contributed by atoms with Gasteiger partial charge in [-0.2, -0.15) is 4.68 Å². The lowest BCUT2D eigenvalue weighted by molar-refractivity contribution is 0.0943. The molecule has 0 amide bonds. The molecule has 28 heavy (non-hydrogen) atoms. The zero-order chi connectivity index (χ0) is 18.9. The van der Waals surface area contributed by atoms with Crippen molar-refractivity contribution in [3.05, 3.63) is 65.9 Å². The average Bonchev–Trinajstić information content (AvgIpc) is 3.35.